The molecule has 0 aromatic rings. The van der Waals surface area contributed by atoms with Gasteiger partial charge >= 0.3 is 0 Å². The lowest BCUT2D eigenvalue weighted by Crippen LogP contribution is -2.30. The molecule has 0 radical (unpaired) electrons. The van der Waals surface area contributed by atoms with E-state index in [9.17, 15) is 0 Å². The predicted molar refractivity (Wildman–Crippen MR) is 64.6 cm³/mol. The molecule has 0 spiro atoms. The fraction of sp³-hybridized carbons (Fsp3) is 0.867. The molecule has 3 saturated carbocycles. The van der Waals surface area contributed by atoms with Gasteiger partial charge in [0.2, 0.25) is 0 Å². The molecule has 0 bridgehead atoms. The Labute approximate surface area is 94.1 Å². The molecular weight excluding hydrogens is 180 g/mol. The number of rotatable bonds is 0. The van der Waals surface area contributed by atoms with E-state index in [2.05, 4.69) is 27.4 Å². The molecule has 0 heteroatoms. The Hall–Kier alpha value is -0.260. The number of hydrogen-bond donors (Lipinski definition) is 0. The Bertz CT molecular complexity index is 312. The molecule has 0 aromatic carbocycles. The van der Waals surface area contributed by atoms with E-state index in [1.165, 1.54) is 32.1 Å². The third-order valence-electron chi connectivity index (χ3n) is 5.84. The molecule has 0 heterocycles. The fourth-order valence-electron chi connectivity index (χ4n) is 5.40. The van der Waals surface area contributed by atoms with E-state index < -0.39 is 0 Å². The number of fused-ring (bicyclic) bond motifs is 3. The smallest absolute Gasteiger partial charge is 0.0139 e. The predicted octanol–water partition coefficient (Wildman–Crippen LogP) is 4.42. The van der Waals surface area contributed by atoms with Crippen molar-refractivity contribution in [1.29, 1.82) is 0 Å². The van der Waals surface area contributed by atoms with Crippen molar-refractivity contribution in [3.63, 3.8) is 0 Å². The first-order valence-electron chi connectivity index (χ1n) is 6.62. The molecule has 0 N–H and O–H groups in total. The van der Waals surface area contributed by atoms with Crippen molar-refractivity contribution in [3.05, 3.63) is 12.2 Å². The lowest BCUT2D eigenvalue weighted by atomic mass is 9.68. The minimum Gasteiger partial charge on any atom is -0.0996 e. The quantitative estimate of drug-likeness (QED) is 0.513. The van der Waals surface area contributed by atoms with Gasteiger partial charge in [0, 0.05) is 0 Å². The van der Waals surface area contributed by atoms with Gasteiger partial charge in [-0.1, -0.05) is 32.9 Å². The molecular formula is C15H24. The Morgan fingerprint density at radius 3 is 2.67 bits per heavy atom. The zero-order valence-electron chi connectivity index (χ0n) is 10.5. The molecule has 4 unspecified atom stereocenters. The first kappa shape index (κ1) is 9.93. The first-order chi connectivity index (χ1) is 6.94. The first-order valence-corrected chi connectivity index (χ1v) is 6.62. The van der Waals surface area contributed by atoms with E-state index in [1.54, 1.807) is 5.57 Å². The Morgan fingerprint density at radius 2 is 1.93 bits per heavy atom. The third kappa shape index (κ3) is 1.14. The second-order valence-corrected chi connectivity index (χ2v) is 7.31. The highest BCUT2D eigenvalue weighted by atomic mass is 14.7. The summed E-state index contributed by atoms with van der Waals surface area (Å²) in [6, 6.07) is 0. The van der Waals surface area contributed by atoms with Crippen molar-refractivity contribution in [2.75, 3.05) is 0 Å². The highest BCUT2D eigenvalue weighted by molar-refractivity contribution is 5.21. The number of hydrogen-bond acceptors (Lipinski definition) is 0. The van der Waals surface area contributed by atoms with Crippen LogP contribution in [-0.2, 0) is 0 Å². The molecule has 0 aromatic heterocycles. The van der Waals surface area contributed by atoms with Gasteiger partial charge < -0.3 is 0 Å². The summed E-state index contributed by atoms with van der Waals surface area (Å²) in [4.78, 5) is 0. The second kappa shape index (κ2) is 2.70. The molecule has 15 heavy (non-hydrogen) atoms. The van der Waals surface area contributed by atoms with Crippen molar-refractivity contribution in [2.45, 2.75) is 52.9 Å². The van der Waals surface area contributed by atoms with Crippen molar-refractivity contribution in [2.24, 2.45) is 28.6 Å². The fourth-order valence-corrected chi connectivity index (χ4v) is 5.40. The van der Waals surface area contributed by atoms with Gasteiger partial charge in [-0.05, 0) is 60.7 Å². The molecule has 3 aliphatic rings. The van der Waals surface area contributed by atoms with Crippen molar-refractivity contribution >= 4 is 0 Å². The molecule has 3 aliphatic carbocycles. The molecule has 0 amide bonds. The minimum absolute atomic E-state index is 0.571. The van der Waals surface area contributed by atoms with E-state index in [1.807, 2.05) is 0 Å². The van der Waals surface area contributed by atoms with Crippen LogP contribution in [0.15, 0.2) is 12.2 Å². The molecule has 3 rings (SSSR count). The molecule has 3 fully saturated rings. The van der Waals surface area contributed by atoms with Gasteiger partial charge in [0.05, 0.1) is 0 Å². The van der Waals surface area contributed by atoms with Crippen LogP contribution in [0.2, 0.25) is 0 Å². The van der Waals surface area contributed by atoms with Gasteiger partial charge in [0.1, 0.15) is 0 Å². The summed E-state index contributed by atoms with van der Waals surface area (Å²) in [6.07, 6.45) is 7.14. The van der Waals surface area contributed by atoms with Gasteiger partial charge in [0.15, 0.2) is 0 Å². The standard InChI is InChI=1S/C15H24/c1-10-5-6-11-9-15(4)8-7-14(2,3)13(15)12(10)11/h11-13H,1,5-9H2,2-4H3. The molecule has 0 aliphatic heterocycles. The van der Waals surface area contributed by atoms with Crippen LogP contribution in [0.5, 0.6) is 0 Å². The van der Waals surface area contributed by atoms with Crippen molar-refractivity contribution in [3.8, 4) is 0 Å². The molecule has 0 nitrogen and oxygen atoms in total. The Balaban J connectivity index is 2.02. The Kier molecular flexibility index (Phi) is 1.79. The maximum atomic E-state index is 4.35. The summed E-state index contributed by atoms with van der Waals surface area (Å²) in [5.74, 6) is 2.81. The van der Waals surface area contributed by atoms with Crippen LogP contribution in [0.25, 0.3) is 0 Å². The average molecular weight is 204 g/mol. The normalized spacial score (nSPS) is 51.9. The SMILES string of the molecule is C=C1CCC2CC3(C)CCC(C)(C)C3C12. The zero-order valence-corrected chi connectivity index (χ0v) is 10.5. The summed E-state index contributed by atoms with van der Waals surface area (Å²) in [6.45, 7) is 11.9. The summed E-state index contributed by atoms with van der Waals surface area (Å²) in [5, 5.41) is 0. The van der Waals surface area contributed by atoms with Crippen LogP contribution in [0.3, 0.4) is 0 Å². The van der Waals surface area contributed by atoms with E-state index >= 15 is 0 Å². The van der Waals surface area contributed by atoms with Crippen LogP contribution < -0.4 is 0 Å². The Morgan fingerprint density at radius 1 is 1.20 bits per heavy atom. The third-order valence-corrected chi connectivity index (χ3v) is 5.84. The summed E-state index contributed by atoms with van der Waals surface area (Å²) in [7, 11) is 0. The van der Waals surface area contributed by atoms with Crippen LogP contribution in [0.4, 0.5) is 0 Å². The van der Waals surface area contributed by atoms with E-state index in [4.69, 9.17) is 0 Å². The topological polar surface area (TPSA) is 0 Å². The van der Waals surface area contributed by atoms with Gasteiger partial charge in [-0.2, -0.15) is 0 Å². The lowest BCUT2D eigenvalue weighted by Gasteiger charge is -2.36. The monoisotopic (exact) mass is 204 g/mol. The van der Waals surface area contributed by atoms with Crippen molar-refractivity contribution in [1.82, 2.24) is 0 Å². The lowest BCUT2D eigenvalue weighted by molar-refractivity contribution is 0.146. The maximum Gasteiger partial charge on any atom is -0.0139 e. The number of allylic oxidation sites excluding steroid dienone is 1. The van der Waals surface area contributed by atoms with Crippen molar-refractivity contribution < 1.29 is 0 Å². The zero-order chi connectivity index (χ0) is 10.8. The average Bonchev–Trinajstić information content (AvgIpc) is 2.67. The van der Waals surface area contributed by atoms with E-state index in [0.717, 1.165) is 17.8 Å². The van der Waals surface area contributed by atoms with Gasteiger partial charge in [-0.25, -0.2) is 0 Å². The van der Waals surface area contributed by atoms with Crippen LogP contribution in [0, 0.1) is 28.6 Å². The van der Waals surface area contributed by atoms with Gasteiger partial charge in [0.25, 0.3) is 0 Å². The van der Waals surface area contributed by atoms with E-state index in [0.29, 0.717) is 10.8 Å². The van der Waals surface area contributed by atoms with Gasteiger partial charge in [-0.3, -0.25) is 0 Å². The molecule has 4 atom stereocenters. The van der Waals surface area contributed by atoms with E-state index in [-0.39, 0.29) is 0 Å². The summed E-state index contributed by atoms with van der Waals surface area (Å²) >= 11 is 0. The molecule has 0 saturated heterocycles. The second-order valence-electron chi connectivity index (χ2n) is 7.31. The van der Waals surface area contributed by atoms with Crippen LogP contribution >= 0.6 is 0 Å². The maximum absolute atomic E-state index is 4.35. The highest BCUT2D eigenvalue weighted by Crippen LogP contribution is 2.69. The summed E-state index contributed by atoms with van der Waals surface area (Å²) in [5.41, 5.74) is 2.81. The highest BCUT2D eigenvalue weighted by Gasteiger charge is 2.61. The van der Waals surface area contributed by atoms with Crippen LogP contribution in [-0.4, -0.2) is 0 Å². The van der Waals surface area contributed by atoms with Crippen LogP contribution in [0.1, 0.15) is 52.9 Å². The molecule has 84 valence electrons. The van der Waals surface area contributed by atoms with Gasteiger partial charge in [-0.15, -0.1) is 0 Å². The summed E-state index contributed by atoms with van der Waals surface area (Å²) < 4.78 is 0. The minimum atomic E-state index is 0.571. The largest absolute Gasteiger partial charge is 0.0996 e.